The van der Waals surface area contributed by atoms with Crippen molar-refractivity contribution in [1.82, 2.24) is 14.8 Å². The van der Waals surface area contributed by atoms with Crippen LogP contribution in [0.3, 0.4) is 0 Å². The number of ether oxygens (including phenoxy) is 3. The van der Waals surface area contributed by atoms with Crippen molar-refractivity contribution in [3.63, 3.8) is 0 Å². The van der Waals surface area contributed by atoms with Crippen molar-refractivity contribution >= 4 is 43.9 Å². The van der Waals surface area contributed by atoms with Gasteiger partial charge in [-0.1, -0.05) is 40.2 Å². The number of aryl methyl sites for hydroxylation is 1. The number of methoxy groups -OCH3 is 2. The minimum absolute atomic E-state index is 0.553. The van der Waals surface area contributed by atoms with E-state index in [0.29, 0.717) is 25.7 Å². The molecule has 8 nitrogen and oxygen atoms in total. The van der Waals surface area contributed by atoms with Gasteiger partial charge in [-0.2, -0.15) is 10.1 Å². The number of oxazole rings is 1. The first-order chi connectivity index (χ1) is 20.6. The third-order valence-electron chi connectivity index (χ3n) is 7.55. The summed E-state index contributed by atoms with van der Waals surface area (Å²) in [5, 5.41) is 6.03. The van der Waals surface area contributed by atoms with E-state index < -0.39 is 0 Å². The van der Waals surface area contributed by atoms with Crippen molar-refractivity contribution in [3.8, 4) is 22.9 Å². The quantitative estimate of drug-likeness (QED) is 0.174. The Morgan fingerprint density at radius 3 is 2.21 bits per heavy atom. The average molecular weight is 626 g/mol. The maximum absolute atomic E-state index is 6.35. The van der Waals surface area contributed by atoms with Gasteiger partial charge in [0.05, 0.1) is 43.1 Å². The molecule has 0 aliphatic carbocycles. The molecule has 0 bridgehead atoms. The van der Waals surface area contributed by atoms with Crippen LogP contribution in [-0.4, -0.2) is 35.6 Å². The van der Waals surface area contributed by atoms with Gasteiger partial charge >= 0.3 is 0 Å². The fourth-order valence-corrected chi connectivity index (χ4v) is 5.88. The molecule has 0 saturated carbocycles. The van der Waals surface area contributed by atoms with Gasteiger partial charge in [-0.3, -0.25) is 0 Å². The van der Waals surface area contributed by atoms with Gasteiger partial charge in [-0.25, -0.2) is 4.68 Å². The van der Waals surface area contributed by atoms with Crippen LogP contribution in [0.5, 0.6) is 17.2 Å². The number of rotatable bonds is 8. The largest absolute Gasteiger partial charge is 0.497 e. The van der Waals surface area contributed by atoms with Gasteiger partial charge in [-0.05, 0) is 78.6 Å². The lowest BCUT2D eigenvalue weighted by atomic mass is 10.1. The third-order valence-corrected chi connectivity index (χ3v) is 8.01. The molecule has 3 heterocycles. The fourth-order valence-electron chi connectivity index (χ4n) is 5.46. The van der Waals surface area contributed by atoms with Gasteiger partial charge in [-0.15, -0.1) is 0 Å². The van der Waals surface area contributed by atoms with E-state index in [1.54, 1.807) is 14.2 Å². The Morgan fingerprint density at radius 2 is 1.55 bits per heavy atom. The van der Waals surface area contributed by atoms with Crippen LogP contribution in [0.4, 0.5) is 6.01 Å². The van der Waals surface area contributed by atoms with Crippen LogP contribution < -0.4 is 19.1 Å². The minimum Gasteiger partial charge on any atom is -0.497 e. The Morgan fingerprint density at radius 1 is 0.857 bits per heavy atom. The van der Waals surface area contributed by atoms with E-state index in [2.05, 4.69) is 45.1 Å². The number of hydrogen-bond donors (Lipinski definition) is 0. The van der Waals surface area contributed by atoms with Gasteiger partial charge in [0.15, 0.2) is 5.58 Å². The lowest BCUT2D eigenvalue weighted by Crippen LogP contribution is -2.22. The van der Waals surface area contributed by atoms with E-state index in [4.69, 9.17) is 28.7 Å². The van der Waals surface area contributed by atoms with Gasteiger partial charge in [0.25, 0.3) is 6.01 Å². The van der Waals surface area contributed by atoms with E-state index in [-0.39, 0.29) is 0 Å². The molecule has 9 heteroatoms. The molecule has 0 amide bonds. The van der Waals surface area contributed by atoms with Crippen LogP contribution in [0.2, 0.25) is 0 Å². The summed E-state index contributed by atoms with van der Waals surface area (Å²) in [6.45, 7) is 1.91. The highest BCUT2D eigenvalue weighted by molar-refractivity contribution is 9.10. The Kier molecular flexibility index (Phi) is 6.95. The monoisotopic (exact) mass is 624 g/mol. The van der Waals surface area contributed by atoms with Crippen molar-refractivity contribution < 1.29 is 18.6 Å². The number of nitrogens with zero attached hydrogens (tertiary/aromatic N) is 4. The molecule has 0 N–H and O–H groups in total. The summed E-state index contributed by atoms with van der Waals surface area (Å²) < 4.78 is 26.1. The topological polar surface area (TPSA) is 74.8 Å². The highest BCUT2D eigenvalue weighted by Crippen LogP contribution is 2.37. The predicted octanol–water partition coefficient (Wildman–Crippen LogP) is 7.48. The van der Waals surface area contributed by atoms with Crippen molar-refractivity contribution in [2.75, 3.05) is 25.7 Å². The number of hydrogen-bond acceptors (Lipinski definition) is 7. The molecule has 0 radical (unpaired) electrons. The Bertz CT molecular complexity index is 1830. The number of aromatic nitrogens is 3. The lowest BCUT2D eigenvalue weighted by Gasteiger charge is -2.21. The smallest absolute Gasteiger partial charge is 0.298 e. The number of fused-ring (bicyclic) bond motifs is 1. The zero-order valence-corrected chi connectivity index (χ0v) is 24.9. The molecule has 212 valence electrons. The van der Waals surface area contributed by atoms with Gasteiger partial charge in [0.1, 0.15) is 22.8 Å². The standard InChI is InChI=1S/C33H29BrN4O4/c1-39-25-10-5-21(6-11-25)19-37(20-22-7-12-26(40-2)13-8-22)33-35-27-18-24(9-14-30(27)42-33)38-29-4-3-15-41-31-17-23(34)16-28(36-38)32(29)31/h5-14,16-18H,3-4,15,19-20H2,1-2H3. The first-order valence-corrected chi connectivity index (χ1v) is 14.6. The molecule has 6 aromatic rings. The molecule has 2 aromatic heterocycles. The molecule has 1 aliphatic heterocycles. The van der Waals surface area contributed by atoms with Gasteiger partial charge in [0.2, 0.25) is 0 Å². The number of benzene rings is 4. The Balaban J connectivity index is 1.26. The van der Waals surface area contributed by atoms with Crippen LogP contribution in [-0.2, 0) is 19.5 Å². The summed E-state index contributed by atoms with van der Waals surface area (Å²) in [7, 11) is 3.34. The molecular formula is C33H29BrN4O4. The summed E-state index contributed by atoms with van der Waals surface area (Å²) in [6.07, 6.45) is 1.81. The second-order valence-electron chi connectivity index (χ2n) is 10.3. The first-order valence-electron chi connectivity index (χ1n) is 13.8. The SMILES string of the molecule is COc1ccc(CN(Cc2ccc(OC)cc2)c2nc3cc(-n4nc5cc(Br)cc6c5c4CCCO6)ccc3o2)cc1. The van der Waals surface area contributed by atoms with E-state index in [1.807, 2.05) is 59.3 Å². The third kappa shape index (κ3) is 5.05. The van der Waals surface area contributed by atoms with Crippen LogP contribution >= 0.6 is 15.9 Å². The summed E-state index contributed by atoms with van der Waals surface area (Å²) in [6, 6.07) is 26.8. The summed E-state index contributed by atoms with van der Waals surface area (Å²) in [5.74, 6) is 2.51. The predicted molar refractivity (Wildman–Crippen MR) is 166 cm³/mol. The molecule has 4 aromatic carbocycles. The van der Waals surface area contributed by atoms with Gasteiger partial charge < -0.3 is 23.5 Å². The molecule has 0 unspecified atom stereocenters. The van der Waals surface area contributed by atoms with Crippen molar-refractivity contribution in [3.05, 3.63) is 100 Å². The summed E-state index contributed by atoms with van der Waals surface area (Å²) in [5.41, 5.74) is 6.72. The average Bonchev–Trinajstić information content (AvgIpc) is 3.53. The minimum atomic E-state index is 0.553. The van der Waals surface area contributed by atoms with Crippen molar-refractivity contribution in [2.24, 2.45) is 0 Å². The van der Waals surface area contributed by atoms with Crippen molar-refractivity contribution in [2.45, 2.75) is 25.9 Å². The number of anilines is 1. The molecule has 0 saturated heterocycles. The fraction of sp³-hybridized carbons (Fsp3) is 0.212. The van der Waals surface area contributed by atoms with E-state index in [1.165, 1.54) is 0 Å². The highest BCUT2D eigenvalue weighted by Gasteiger charge is 2.22. The van der Waals surface area contributed by atoms with E-state index in [0.717, 1.165) is 79.1 Å². The summed E-state index contributed by atoms with van der Waals surface area (Å²) >= 11 is 3.61. The molecule has 42 heavy (non-hydrogen) atoms. The van der Waals surface area contributed by atoms with Crippen LogP contribution in [0, 0.1) is 0 Å². The van der Waals surface area contributed by atoms with E-state index >= 15 is 0 Å². The maximum atomic E-state index is 6.35. The zero-order valence-electron chi connectivity index (χ0n) is 23.3. The maximum Gasteiger partial charge on any atom is 0.298 e. The first kappa shape index (κ1) is 26.4. The molecule has 1 aliphatic rings. The van der Waals surface area contributed by atoms with Crippen LogP contribution in [0.1, 0.15) is 23.2 Å². The Hall–Kier alpha value is -4.50. The summed E-state index contributed by atoms with van der Waals surface area (Å²) in [4.78, 5) is 7.11. The van der Waals surface area contributed by atoms with Crippen molar-refractivity contribution in [1.29, 1.82) is 0 Å². The molecular weight excluding hydrogens is 596 g/mol. The van der Waals surface area contributed by atoms with E-state index in [9.17, 15) is 0 Å². The molecule has 0 atom stereocenters. The molecule has 0 spiro atoms. The second kappa shape index (κ2) is 11.1. The normalized spacial score (nSPS) is 12.7. The molecule has 0 fully saturated rings. The number of halogens is 1. The van der Waals surface area contributed by atoms with Crippen LogP contribution in [0.25, 0.3) is 27.7 Å². The van der Waals surface area contributed by atoms with Gasteiger partial charge in [0, 0.05) is 17.6 Å². The highest BCUT2D eigenvalue weighted by atomic mass is 79.9. The second-order valence-corrected chi connectivity index (χ2v) is 11.2. The zero-order chi connectivity index (χ0) is 28.6. The lowest BCUT2D eigenvalue weighted by molar-refractivity contribution is 0.318. The molecule has 7 rings (SSSR count). The Labute approximate surface area is 251 Å². The van der Waals surface area contributed by atoms with Crippen LogP contribution in [0.15, 0.2) is 87.8 Å².